The molecule has 1 N–H and O–H groups in total. The Morgan fingerprint density at radius 1 is 1.21 bits per heavy atom. The molecule has 0 heterocycles. The van der Waals surface area contributed by atoms with Crippen molar-refractivity contribution in [2.24, 2.45) is 29.6 Å². The molecule has 0 aromatic heterocycles. The number of fused-ring (bicyclic) bond motifs is 5. The van der Waals surface area contributed by atoms with Crippen molar-refractivity contribution < 1.29 is 9.53 Å². The van der Waals surface area contributed by atoms with Crippen molar-refractivity contribution in [2.45, 2.75) is 19.3 Å². The molecule has 4 rings (SSSR count). The van der Waals surface area contributed by atoms with Crippen LogP contribution in [0.3, 0.4) is 0 Å². The minimum atomic E-state index is 0.205. The number of carbonyl (C=O) groups excluding carboxylic acids is 1. The molecule has 0 unspecified atom stereocenters. The summed E-state index contributed by atoms with van der Waals surface area (Å²) in [5, 5.41) is 3.06. The first-order valence-electron chi connectivity index (χ1n) is 7.23. The maximum absolute atomic E-state index is 12.4. The minimum Gasteiger partial charge on any atom is -0.495 e. The number of nitrogens with one attached hydrogen (secondary N) is 1. The highest BCUT2D eigenvalue weighted by atomic mass is 16.5. The van der Waals surface area contributed by atoms with Gasteiger partial charge < -0.3 is 10.1 Å². The van der Waals surface area contributed by atoms with Crippen LogP contribution in [0.15, 0.2) is 24.3 Å². The SMILES string of the molecule is COc1ccccc1NC(=O)C1[C@H]2[C@H]3CC[C@@H](C3)[C@H]12. The second-order valence-electron chi connectivity index (χ2n) is 6.20. The molecule has 3 aliphatic rings. The van der Waals surface area contributed by atoms with Gasteiger partial charge in [-0.2, -0.15) is 0 Å². The van der Waals surface area contributed by atoms with Gasteiger partial charge in [0.1, 0.15) is 5.75 Å². The molecule has 3 saturated carbocycles. The lowest BCUT2D eigenvalue weighted by atomic mass is 10.0. The Morgan fingerprint density at radius 3 is 2.58 bits per heavy atom. The monoisotopic (exact) mass is 257 g/mol. The van der Waals surface area contributed by atoms with E-state index in [-0.39, 0.29) is 11.8 Å². The molecule has 2 bridgehead atoms. The first-order chi connectivity index (χ1) is 9.29. The maximum Gasteiger partial charge on any atom is 0.228 e. The van der Waals surface area contributed by atoms with Crippen molar-refractivity contribution in [3.05, 3.63) is 24.3 Å². The summed E-state index contributed by atoms with van der Waals surface area (Å²) in [6, 6.07) is 7.63. The molecule has 3 aliphatic carbocycles. The second-order valence-corrected chi connectivity index (χ2v) is 6.20. The summed E-state index contributed by atoms with van der Waals surface area (Å²) < 4.78 is 5.28. The standard InChI is InChI=1S/C16H19NO2/c1-19-12-5-3-2-4-11(12)17-16(18)15-13-9-6-7-10(8-9)14(13)15/h2-5,9-10,13-15H,6-8H2,1H3,(H,17,18)/t9-,10-,13-,14-/m0/s1. The number of para-hydroxylation sites is 2. The zero-order chi connectivity index (χ0) is 13.0. The van der Waals surface area contributed by atoms with Crippen LogP contribution in [-0.4, -0.2) is 13.0 Å². The van der Waals surface area contributed by atoms with E-state index in [1.54, 1.807) is 7.11 Å². The Morgan fingerprint density at radius 2 is 1.89 bits per heavy atom. The lowest BCUT2D eigenvalue weighted by Gasteiger charge is -2.12. The van der Waals surface area contributed by atoms with E-state index in [2.05, 4.69) is 5.32 Å². The summed E-state index contributed by atoms with van der Waals surface area (Å²) in [4.78, 5) is 12.4. The smallest absolute Gasteiger partial charge is 0.228 e. The fraction of sp³-hybridized carbons (Fsp3) is 0.562. The molecule has 3 heteroatoms. The quantitative estimate of drug-likeness (QED) is 0.904. The molecule has 1 aromatic rings. The molecule has 1 aromatic carbocycles. The van der Waals surface area contributed by atoms with Crippen molar-refractivity contribution >= 4 is 11.6 Å². The van der Waals surface area contributed by atoms with Gasteiger partial charge in [0, 0.05) is 5.92 Å². The van der Waals surface area contributed by atoms with Crippen molar-refractivity contribution in [1.29, 1.82) is 0 Å². The van der Waals surface area contributed by atoms with Crippen LogP contribution in [0.2, 0.25) is 0 Å². The van der Waals surface area contributed by atoms with Gasteiger partial charge in [0.15, 0.2) is 0 Å². The molecule has 19 heavy (non-hydrogen) atoms. The average molecular weight is 257 g/mol. The highest BCUT2D eigenvalue weighted by Crippen LogP contribution is 2.69. The van der Waals surface area contributed by atoms with Crippen molar-refractivity contribution in [1.82, 2.24) is 0 Å². The number of methoxy groups -OCH3 is 1. The number of rotatable bonds is 3. The van der Waals surface area contributed by atoms with E-state index in [1.165, 1.54) is 19.3 Å². The van der Waals surface area contributed by atoms with E-state index in [0.717, 1.165) is 23.3 Å². The van der Waals surface area contributed by atoms with E-state index >= 15 is 0 Å². The largest absolute Gasteiger partial charge is 0.495 e. The number of hydrogen-bond donors (Lipinski definition) is 1. The number of anilines is 1. The van der Waals surface area contributed by atoms with Crippen LogP contribution in [-0.2, 0) is 4.79 Å². The molecular weight excluding hydrogens is 238 g/mol. The first-order valence-corrected chi connectivity index (χ1v) is 7.23. The molecule has 0 spiro atoms. The van der Waals surface area contributed by atoms with Gasteiger partial charge in [-0.25, -0.2) is 0 Å². The van der Waals surface area contributed by atoms with Crippen molar-refractivity contribution in [2.75, 3.05) is 12.4 Å². The summed E-state index contributed by atoms with van der Waals surface area (Å²) in [6.07, 6.45) is 4.09. The fourth-order valence-corrected chi connectivity index (χ4v) is 4.64. The normalized spacial score (nSPS) is 37.8. The number of benzene rings is 1. The lowest BCUT2D eigenvalue weighted by Crippen LogP contribution is -2.18. The van der Waals surface area contributed by atoms with Gasteiger partial charge in [0.05, 0.1) is 12.8 Å². The van der Waals surface area contributed by atoms with Crippen LogP contribution in [0, 0.1) is 29.6 Å². The van der Waals surface area contributed by atoms with Crippen LogP contribution < -0.4 is 10.1 Å². The van der Waals surface area contributed by atoms with Crippen LogP contribution in [0.4, 0.5) is 5.69 Å². The van der Waals surface area contributed by atoms with Gasteiger partial charge >= 0.3 is 0 Å². The highest BCUT2D eigenvalue weighted by molar-refractivity contribution is 5.96. The molecule has 0 radical (unpaired) electrons. The number of hydrogen-bond acceptors (Lipinski definition) is 2. The molecule has 3 nitrogen and oxygen atoms in total. The molecule has 1 amide bonds. The zero-order valence-corrected chi connectivity index (χ0v) is 11.1. The van der Waals surface area contributed by atoms with Gasteiger partial charge in [-0.3, -0.25) is 4.79 Å². The van der Waals surface area contributed by atoms with E-state index in [0.29, 0.717) is 11.8 Å². The number of carbonyl (C=O) groups is 1. The average Bonchev–Trinajstić information content (AvgIpc) is 2.88. The fourth-order valence-electron chi connectivity index (χ4n) is 4.64. The van der Waals surface area contributed by atoms with Crippen LogP contribution in [0.1, 0.15) is 19.3 Å². The molecule has 0 aliphatic heterocycles. The predicted molar refractivity (Wildman–Crippen MR) is 72.9 cm³/mol. The zero-order valence-electron chi connectivity index (χ0n) is 11.1. The second kappa shape index (κ2) is 3.99. The molecule has 100 valence electrons. The van der Waals surface area contributed by atoms with Crippen LogP contribution >= 0.6 is 0 Å². The Balaban J connectivity index is 1.48. The summed E-state index contributed by atoms with van der Waals surface area (Å²) in [7, 11) is 1.64. The van der Waals surface area contributed by atoms with Crippen molar-refractivity contribution in [3.8, 4) is 5.75 Å². The summed E-state index contributed by atoms with van der Waals surface area (Å²) in [6.45, 7) is 0. The van der Waals surface area contributed by atoms with E-state index < -0.39 is 0 Å². The van der Waals surface area contributed by atoms with E-state index in [9.17, 15) is 4.79 Å². The third-order valence-corrected chi connectivity index (χ3v) is 5.40. The minimum absolute atomic E-state index is 0.205. The molecular formula is C16H19NO2. The maximum atomic E-state index is 12.4. The van der Waals surface area contributed by atoms with Crippen LogP contribution in [0.5, 0.6) is 5.75 Å². The van der Waals surface area contributed by atoms with Gasteiger partial charge in [-0.15, -0.1) is 0 Å². The Bertz CT molecular complexity index is 511. The first kappa shape index (κ1) is 11.3. The molecule has 3 fully saturated rings. The Labute approximate surface area is 113 Å². The van der Waals surface area contributed by atoms with Crippen molar-refractivity contribution in [3.63, 3.8) is 0 Å². The molecule has 0 saturated heterocycles. The van der Waals surface area contributed by atoms with Crippen LogP contribution in [0.25, 0.3) is 0 Å². The number of amides is 1. The van der Waals surface area contributed by atoms with Gasteiger partial charge in [0.2, 0.25) is 5.91 Å². The van der Waals surface area contributed by atoms with Gasteiger partial charge in [-0.1, -0.05) is 12.1 Å². The van der Waals surface area contributed by atoms with E-state index in [1.807, 2.05) is 24.3 Å². The Kier molecular flexibility index (Phi) is 2.38. The summed E-state index contributed by atoms with van der Waals surface area (Å²) in [5.41, 5.74) is 0.798. The predicted octanol–water partition coefficient (Wildman–Crippen LogP) is 2.93. The lowest BCUT2D eigenvalue weighted by molar-refractivity contribution is -0.118. The molecule has 4 atom stereocenters. The topological polar surface area (TPSA) is 38.3 Å². The highest BCUT2D eigenvalue weighted by Gasteiger charge is 2.67. The van der Waals surface area contributed by atoms with Gasteiger partial charge in [0.25, 0.3) is 0 Å². The third-order valence-electron chi connectivity index (χ3n) is 5.40. The summed E-state index contributed by atoms with van der Waals surface area (Å²) >= 11 is 0. The van der Waals surface area contributed by atoms with Gasteiger partial charge in [-0.05, 0) is 55.1 Å². The third kappa shape index (κ3) is 1.60. The summed E-state index contributed by atoms with van der Waals surface area (Å²) in [5.74, 6) is 4.27. The number of ether oxygens (including phenoxy) is 1. The van der Waals surface area contributed by atoms with E-state index in [4.69, 9.17) is 4.74 Å². The Hall–Kier alpha value is -1.51.